The van der Waals surface area contributed by atoms with Crippen LogP contribution in [0.2, 0.25) is 0 Å². The molecule has 0 spiro atoms. The van der Waals surface area contributed by atoms with Crippen molar-refractivity contribution in [2.45, 2.75) is 24.7 Å². The smallest absolute Gasteiger partial charge is 0.264 e. The van der Waals surface area contributed by atoms with Gasteiger partial charge < -0.3 is 10.1 Å². The number of amides is 1. The molecule has 8 heteroatoms. The molecule has 3 rings (SSSR count). The summed E-state index contributed by atoms with van der Waals surface area (Å²) in [6.07, 6.45) is 1.32. The highest BCUT2D eigenvalue weighted by atomic mass is 32.2. The second kappa shape index (κ2) is 11.5. The molecule has 1 N–H and O–H groups in total. The molecule has 3 aromatic rings. The van der Waals surface area contributed by atoms with Crippen LogP contribution in [-0.4, -0.2) is 34.0 Å². The number of ether oxygens (including phenoxy) is 1. The summed E-state index contributed by atoms with van der Waals surface area (Å²) in [5.41, 5.74) is 1.33. The summed E-state index contributed by atoms with van der Waals surface area (Å²) < 4.78 is 46.1. The van der Waals surface area contributed by atoms with Gasteiger partial charge in [-0.05, 0) is 73.9 Å². The van der Waals surface area contributed by atoms with E-state index in [2.05, 4.69) is 5.32 Å². The lowest BCUT2D eigenvalue weighted by molar-refractivity contribution is -0.119. The molecule has 0 atom stereocenters. The molecule has 0 radical (unpaired) electrons. The van der Waals surface area contributed by atoms with Crippen LogP contribution in [0.3, 0.4) is 0 Å². The largest absolute Gasteiger partial charge is 0.494 e. The quantitative estimate of drug-likeness (QED) is 0.427. The van der Waals surface area contributed by atoms with Gasteiger partial charge in [-0.3, -0.25) is 9.10 Å². The molecular weight excluding hydrogens is 443 g/mol. The molecule has 0 aliphatic heterocycles. The Bertz CT molecular complexity index is 1140. The number of carbonyl (C=O) groups is 1. The first-order valence-corrected chi connectivity index (χ1v) is 12.2. The van der Waals surface area contributed by atoms with E-state index in [0.717, 1.165) is 9.87 Å². The van der Waals surface area contributed by atoms with Crippen molar-refractivity contribution in [1.82, 2.24) is 5.32 Å². The molecule has 33 heavy (non-hydrogen) atoms. The zero-order valence-electron chi connectivity index (χ0n) is 18.4. The number of aryl methyl sites for hydroxylation is 1. The van der Waals surface area contributed by atoms with E-state index in [1.807, 2.05) is 6.92 Å². The van der Waals surface area contributed by atoms with E-state index < -0.39 is 15.9 Å². The van der Waals surface area contributed by atoms with E-state index in [1.165, 1.54) is 24.3 Å². The van der Waals surface area contributed by atoms with Crippen molar-refractivity contribution in [2.75, 3.05) is 24.0 Å². The number of anilines is 1. The maximum absolute atomic E-state index is 13.3. The molecule has 0 aliphatic carbocycles. The first-order valence-electron chi connectivity index (χ1n) is 10.7. The van der Waals surface area contributed by atoms with Gasteiger partial charge in [-0.1, -0.05) is 30.3 Å². The SMILES string of the molecule is CCOc1ccc(N(CC(=O)NCCCc2ccc(F)cc2)S(=O)(=O)c2ccccc2)cc1. The fourth-order valence-corrected chi connectivity index (χ4v) is 4.71. The summed E-state index contributed by atoms with van der Waals surface area (Å²) >= 11 is 0. The Kier molecular flexibility index (Phi) is 8.43. The Labute approximate surface area is 194 Å². The van der Waals surface area contributed by atoms with Gasteiger partial charge in [0.05, 0.1) is 17.2 Å². The number of hydrogen-bond acceptors (Lipinski definition) is 4. The molecule has 1 amide bonds. The second-order valence-electron chi connectivity index (χ2n) is 7.33. The lowest BCUT2D eigenvalue weighted by atomic mass is 10.1. The average Bonchev–Trinajstić information content (AvgIpc) is 2.83. The van der Waals surface area contributed by atoms with Crippen LogP contribution in [0.5, 0.6) is 5.75 Å². The third kappa shape index (κ3) is 6.79. The van der Waals surface area contributed by atoms with E-state index in [1.54, 1.807) is 54.6 Å². The Hall–Kier alpha value is -3.39. The van der Waals surface area contributed by atoms with Crippen molar-refractivity contribution in [3.05, 3.63) is 90.2 Å². The molecule has 174 valence electrons. The molecule has 3 aromatic carbocycles. The summed E-state index contributed by atoms with van der Waals surface area (Å²) in [7, 11) is -3.96. The summed E-state index contributed by atoms with van der Waals surface area (Å²) in [4.78, 5) is 12.7. The number of carbonyl (C=O) groups excluding carboxylic acids is 1. The number of sulfonamides is 1. The van der Waals surface area contributed by atoms with E-state index in [-0.39, 0.29) is 17.3 Å². The van der Waals surface area contributed by atoms with Gasteiger partial charge in [0, 0.05) is 6.54 Å². The maximum atomic E-state index is 13.3. The van der Waals surface area contributed by atoms with Gasteiger partial charge in [-0.25, -0.2) is 12.8 Å². The molecule has 0 saturated carbocycles. The number of hydrogen-bond donors (Lipinski definition) is 1. The highest BCUT2D eigenvalue weighted by Gasteiger charge is 2.27. The Morgan fingerprint density at radius 2 is 1.64 bits per heavy atom. The van der Waals surface area contributed by atoms with Gasteiger partial charge in [0.1, 0.15) is 18.1 Å². The van der Waals surface area contributed by atoms with Crippen LogP contribution in [-0.2, 0) is 21.2 Å². The number of halogens is 1. The maximum Gasteiger partial charge on any atom is 0.264 e. The van der Waals surface area contributed by atoms with Crippen LogP contribution in [0.4, 0.5) is 10.1 Å². The van der Waals surface area contributed by atoms with Gasteiger partial charge in [-0.2, -0.15) is 0 Å². The zero-order valence-corrected chi connectivity index (χ0v) is 19.2. The predicted octanol–water partition coefficient (Wildman–Crippen LogP) is 4.17. The van der Waals surface area contributed by atoms with Crippen molar-refractivity contribution in [2.24, 2.45) is 0 Å². The van der Waals surface area contributed by atoms with Crippen molar-refractivity contribution in [3.63, 3.8) is 0 Å². The fourth-order valence-electron chi connectivity index (χ4n) is 3.27. The number of nitrogens with zero attached hydrogens (tertiary/aromatic N) is 1. The van der Waals surface area contributed by atoms with Crippen LogP contribution in [0, 0.1) is 5.82 Å². The lowest BCUT2D eigenvalue weighted by Crippen LogP contribution is -2.41. The lowest BCUT2D eigenvalue weighted by Gasteiger charge is -2.24. The first-order chi connectivity index (χ1) is 15.9. The van der Waals surface area contributed by atoms with Crippen molar-refractivity contribution in [1.29, 1.82) is 0 Å². The van der Waals surface area contributed by atoms with Crippen molar-refractivity contribution < 1.29 is 22.3 Å². The summed E-state index contributed by atoms with van der Waals surface area (Å²) in [5.74, 6) is -0.0906. The van der Waals surface area contributed by atoms with Gasteiger partial charge >= 0.3 is 0 Å². The Morgan fingerprint density at radius 3 is 2.27 bits per heavy atom. The third-order valence-electron chi connectivity index (χ3n) is 4.93. The molecule has 0 heterocycles. The fraction of sp³-hybridized carbons (Fsp3) is 0.240. The van der Waals surface area contributed by atoms with E-state index in [4.69, 9.17) is 4.74 Å². The van der Waals surface area contributed by atoms with E-state index >= 15 is 0 Å². The predicted molar refractivity (Wildman–Crippen MR) is 126 cm³/mol. The van der Waals surface area contributed by atoms with Crippen molar-refractivity contribution >= 4 is 21.6 Å². The molecule has 0 bridgehead atoms. The zero-order chi connectivity index (χ0) is 23.7. The number of nitrogens with one attached hydrogen (secondary N) is 1. The van der Waals surface area contributed by atoms with Crippen molar-refractivity contribution in [3.8, 4) is 5.75 Å². The first kappa shape index (κ1) is 24.3. The van der Waals surface area contributed by atoms with Gasteiger partial charge in [0.2, 0.25) is 5.91 Å². The average molecular weight is 471 g/mol. The normalized spacial score (nSPS) is 11.1. The highest BCUT2D eigenvalue weighted by Crippen LogP contribution is 2.25. The second-order valence-corrected chi connectivity index (χ2v) is 9.19. The minimum absolute atomic E-state index is 0.1000. The molecule has 0 aromatic heterocycles. The molecule has 6 nitrogen and oxygen atoms in total. The molecule has 0 aliphatic rings. The summed E-state index contributed by atoms with van der Waals surface area (Å²) in [6, 6.07) is 20.8. The van der Waals surface area contributed by atoms with Gasteiger partial charge in [0.15, 0.2) is 0 Å². The standard InChI is InChI=1S/C25H27FN2O4S/c1-2-32-23-16-14-22(15-17-23)28(33(30,31)24-8-4-3-5-9-24)19-25(29)27-18-6-7-20-10-12-21(26)13-11-20/h3-5,8-17H,2,6-7,18-19H2,1H3,(H,27,29). The third-order valence-corrected chi connectivity index (χ3v) is 6.72. The van der Waals surface area contributed by atoms with E-state index in [0.29, 0.717) is 37.4 Å². The molecular formula is C25H27FN2O4S. The van der Waals surface area contributed by atoms with Gasteiger partial charge in [-0.15, -0.1) is 0 Å². The van der Waals surface area contributed by atoms with Crippen LogP contribution >= 0.6 is 0 Å². The molecule has 0 saturated heterocycles. The highest BCUT2D eigenvalue weighted by molar-refractivity contribution is 7.92. The molecule has 0 unspecified atom stereocenters. The topological polar surface area (TPSA) is 75.7 Å². The molecule has 0 fully saturated rings. The van der Waals surface area contributed by atoms with Crippen LogP contribution in [0.1, 0.15) is 18.9 Å². The van der Waals surface area contributed by atoms with Crippen LogP contribution in [0.15, 0.2) is 83.8 Å². The Morgan fingerprint density at radius 1 is 0.970 bits per heavy atom. The number of benzene rings is 3. The van der Waals surface area contributed by atoms with Crippen LogP contribution < -0.4 is 14.4 Å². The minimum Gasteiger partial charge on any atom is -0.494 e. The number of rotatable bonds is 11. The van der Waals surface area contributed by atoms with E-state index in [9.17, 15) is 17.6 Å². The summed E-state index contributed by atoms with van der Waals surface area (Å²) in [5, 5.41) is 2.78. The minimum atomic E-state index is -3.96. The monoisotopic (exact) mass is 470 g/mol. The Balaban J connectivity index is 1.69. The van der Waals surface area contributed by atoms with Crippen LogP contribution in [0.25, 0.3) is 0 Å². The summed E-state index contributed by atoms with van der Waals surface area (Å²) in [6.45, 7) is 2.37. The van der Waals surface area contributed by atoms with Gasteiger partial charge in [0.25, 0.3) is 10.0 Å².